The number of hydrogen-bond donors (Lipinski definition) is 1. The average Bonchev–Trinajstić information content (AvgIpc) is 3.31. The number of nitrogens with zero attached hydrogens (tertiary/aromatic N) is 3. The molecule has 2 aliphatic rings. The van der Waals surface area contributed by atoms with Crippen molar-refractivity contribution in [3.8, 4) is 0 Å². The number of nitrogens with one attached hydrogen (secondary N) is 1. The normalized spacial score (nSPS) is 23.7. The summed E-state index contributed by atoms with van der Waals surface area (Å²) in [7, 11) is 0. The maximum atomic E-state index is 13.4. The van der Waals surface area contributed by atoms with Gasteiger partial charge in [-0.05, 0) is 42.9 Å². The highest BCUT2D eigenvalue weighted by Gasteiger charge is 2.48. The first kappa shape index (κ1) is 18.2. The van der Waals surface area contributed by atoms with Gasteiger partial charge >= 0.3 is 0 Å². The molecule has 0 aliphatic carbocycles. The van der Waals surface area contributed by atoms with E-state index in [-0.39, 0.29) is 5.41 Å². The average molecular weight is 367 g/mol. The number of amides is 1. The molecule has 0 saturated carbocycles. The van der Waals surface area contributed by atoms with E-state index in [2.05, 4.69) is 57.9 Å². The van der Waals surface area contributed by atoms with Crippen LogP contribution in [0.4, 0.5) is 0 Å². The Morgan fingerprint density at radius 2 is 1.96 bits per heavy atom. The number of aromatic nitrogens is 2. The zero-order chi connectivity index (χ0) is 18.9. The number of H-pyrrole nitrogens is 1. The summed E-state index contributed by atoms with van der Waals surface area (Å²) in [6, 6.07) is 8.76. The third-order valence-corrected chi connectivity index (χ3v) is 6.21. The molecule has 1 amide bonds. The smallest absolute Gasteiger partial charge is 0.230 e. The number of aromatic amines is 1. The largest absolute Gasteiger partial charge is 0.348 e. The van der Waals surface area contributed by atoms with E-state index in [0.29, 0.717) is 11.8 Å². The van der Waals surface area contributed by atoms with Crippen molar-refractivity contribution in [3.05, 3.63) is 53.6 Å². The molecule has 1 atom stereocenters. The van der Waals surface area contributed by atoms with Crippen LogP contribution in [0.2, 0.25) is 0 Å². The van der Waals surface area contributed by atoms with Gasteiger partial charge in [0.25, 0.3) is 0 Å². The van der Waals surface area contributed by atoms with Gasteiger partial charge in [-0.1, -0.05) is 38.1 Å². The van der Waals surface area contributed by atoms with E-state index in [1.807, 2.05) is 6.20 Å². The van der Waals surface area contributed by atoms with Gasteiger partial charge in [0, 0.05) is 32.0 Å². The molecule has 144 valence electrons. The molecular formula is C22H30N4O. The first-order chi connectivity index (χ1) is 13.1. The van der Waals surface area contributed by atoms with Crippen molar-refractivity contribution in [1.82, 2.24) is 19.8 Å². The van der Waals surface area contributed by atoms with Crippen LogP contribution in [0.3, 0.4) is 0 Å². The minimum Gasteiger partial charge on any atom is -0.348 e. The molecule has 1 aromatic carbocycles. The summed E-state index contributed by atoms with van der Waals surface area (Å²) in [6.45, 7) is 8.67. The van der Waals surface area contributed by atoms with E-state index in [0.717, 1.165) is 57.8 Å². The Hall–Kier alpha value is -2.14. The summed E-state index contributed by atoms with van der Waals surface area (Å²) >= 11 is 0. The Kier molecular flexibility index (Phi) is 5.04. The van der Waals surface area contributed by atoms with E-state index in [1.165, 1.54) is 11.1 Å². The molecule has 1 spiro atoms. The quantitative estimate of drug-likeness (QED) is 0.880. The molecule has 4 rings (SSSR count). The second kappa shape index (κ2) is 7.47. The minimum absolute atomic E-state index is 0.192. The summed E-state index contributed by atoms with van der Waals surface area (Å²) in [5, 5.41) is 0. The second-order valence-electron chi connectivity index (χ2n) is 8.50. The third kappa shape index (κ3) is 3.79. The van der Waals surface area contributed by atoms with Crippen LogP contribution in [0.15, 0.2) is 36.7 Å². The highest BCUT2D eigenvalue weighted by molar-refractivity contribution is 5.84. The first-order valence-corrected chi connectivity index (χ1v) is 10.1. The molecule has 1 aromatic heterocycles. The van der Waals surface area contributed by atoms with Crippen LogP contribution in [0.25, 0.3) is 0 Å². The van der Waals surface area contributed by atoms with Gasteiger partial charge in [-0.3, -0.25) is 9.69 Å². The zero-order valence-corrected chi connectivity index (χ0v) is 16.4. The lowest BCUT2D eigenvalue weighted by Gasteiger charge is -2.39. The topological polar surface area (TPSA) is 52.2 Å². The van der Waals surface area contributed by atoms with E-state index < -0.39 is 0 Å². The van der Waals surface area contributed by atoms with Crippen molar-refractivity contribution in [2.24, 2.45) is 5.41 Å². The van der Waals surface area contributed by atoms with E-state index in [9.17, 15) is 4.79 Å². The molecule has 3 heterocycles. The van der Waals surface area contributed by atoms with Gasteiger partial charge in [0.15, 0.2) is 0 Å². The van der Waals surface area contributed by atoms with Gasteiger partial charge in [0.1, 0.15) is 5.82 Å². The molecule has 5 nitrogen and oxygen atoms in total. The molecule has 5 heteroatoms. The number of likely N-dealkylation sites (tertiary alicyclic amines) is 2. The highest BCUT2D eigenvalue weighted by Crippen LogP contribution is 2.40. The summed E-state index contributed by atoms with van der Waals surface area (Å²) in [6.07, 6.45) is 6.74. The predicted octanol–water partition coefficient (Wildman–Crippen LogP) is 3.55. The van der Waals surface area contributed by atoms with Crippen LogP contribution < -0.4 is 0 Å². The van der Waals surface area contributed by atoms with Crippen LogP contribution in [-0.2, 0) is 17.9 Å². The number of rotatable bonds is 5. The molecule has 0 radical (unpaired) electrons. The summed E-state index contributed by atoms with van der Waals surface area (Å²) < 4.78 is 0. The molecule has 1 N–H and O–H groups in total. The molecule has 1 unspecified atom stereocenters. The molecule has 0 bridgehead atoms. The minimum atomic E-state index is -0.192. The lowest BCUT2D eigenvalue weighted by Crippen LogP contribution is -2.49. The molecular weight excluding hydrogens is 336 g/mol. The van der Waals surface area contributed by atoms with Gasteiger partial charge in [-0.15, -0.1) is 0 Å². The molecule has 2 saturated heterocycles. The van der Waals surface area contributed by atoms with Crippen molar-refractivity contribution >= 4 is 5.91 Å². The summed E-state index contributed by atoms with van der Waals surface area (Å²) in [5.74, 6) is 1.87. The fourth-order valence-corrected chi connectivity index (χ4v) is 4.60. The van der Waals surface area contributed by atoms with Gasteiger partial charge in [0.2, 0.25) is 5.91 Å². The monoisotopic (exact) mass is 366 g/mol. The summed E-state index contributed by atoms with van der Waals surface area (Å²) in [5.41, 5.74) is 2.39. The summed E-state index contributed by atoms with van der Waals surface area (Å²) in [4.78, 5) is 25.3. The Balaban J connectivity index is 1.41. The van der Waals surface area contributed by atoms with Gasteiger partial charge in [-0.2, -0.15) is 0 Å². The molecule has 2 fully saturated rings. The van der Waals surface area contributed by atoms with Crippen molar-refractivity contribution in [2.45, 2.75) is 52.1 Å². The number of benzene rings is 1. The third-order valence-electron chi connectivity index (χ3n) is 6.21. The lowest BCUT2D eigenvalue weighted by molar-refractivity contribution is -0.146. The van der Waals surface area contributed by atoms with Crippen LogP contribution >= 0.6 is 0 Å². The van der Waals surface area contributed by atoms with Gasteiger partial charge in [-0.25, -0.2) is 4.98 Å². The van der Waals surface area contributed by atoms with Crippen LogP contribution in [0, 0.1) is 5.41 Å². The lowest BCUT2D eigenvalue weighted by atomic mass is 9.78. The van der Waals surface area contributed by atoms with Crippen molar-refractivity contribution in [3.63, 3.8) is 0 Å². The maximum absolute atomic E-state index is 13.4. The Morgan fingerprint density at radius 1 is 1.15 bits per heavy atom. The van der Waals surface area contributed by atoms with E-state index >= 15 is 0 Å². The number of hydrogen-bond acceptors (Lipinski definition) is 3. The molecule has 2 aliphatic heterocycles. The fraction of sp³-hybridized carbons (Fsp3) is 0.545. The Labute approximate surface area is 161 Å². The van der Waals surface area contributed by atoms with Crippen LogP contribution in [0.5, 0.6) is 0 Å². The fourth-order valence-electron chi connectivity index (χ4n) is 4.60. The standard InChI is InChI=1S/C22H30N4O/c1-17(2)19-6-4-18(5-7-19)14-26-12-3-8-22(21(26)27)9-13-25(16-22)15-20-23-10-11-24-20/h4-7,10-11,17H,3,8-9,12-16H2,1-2H3,(H,23,24). The van der Waals surface area contributed by atoms with Crippen LogP contribution in [0.1, 0.15) is 56.0 Å². The maximum Gasteiger partial charge on any atom is 0.230 e. The van der Waals surface area contributed by atoms with Crippen molar-refractivity contribution in [2.75, 3.05) is 19.6 Å². The van der Waals surface area contributed by atoms with E-state index in [1.54, 1.807) is 6.20 Å². The second-order valence-corrected chi connectivity index (χ2v) is 8.50. The first-order valence-electron chi connectivity index (χ1n) is 10.1. The predicted molar refractivity (Wildman–Crippen MR) is 106 cm³/mol. The van der Waals surface area contributed by atoms with Gasteiger partial charge < -0.3 is 9.88 Å². The Bertz CT molecular complexity index is 768. The Morgan fingerprint density at radius 3 is 2.67 bits per heavy atom. The molecule has 2 aromatic rings. The number of imidazole rings is 1. The van der Waals surface area contributed by atoms with Gasteiger partial charge in [0.05, 0.1) is 12.0 Å². The molecule has 27 heavy (non-hydrogen) atoms. The number of carbonyl (C=O) groups is 1. The zero-order valence-electron chi connectivity index (χ0n) is 16.4. The number of piperidine rings is 1. The highest BCUT2D eigenvalue weighted by atomic mass is 16.2. The van der Waals surface area contributed by atoms with Crippen LogP contribution in [-0.4, -0.2) is 45.3 Å². The SMILES string of the molecule is CC(C)c1ccc(CN2CCCC3(CCN(Cc4ncc[nH]4)C3)C2=O)cc1. The van der Waals surface area contributed by atoms with Crippen molar-refractivity contribution in [1.29, 1.82) is 0 Å². The number of carbonyl (C=O) groups excluding carboxylic acids is 1. The van der Waals surface area contributed by atoms with E-state index in [4.69, 9.17) is 0 Å². The van der Waals surface area contributed by atoms with Crippen molar-refractivity contribution < 1.29 is 4.79 Å².